The highest BCUT2D eigenvalue weighted by Crippen LogP contribution is 2.33. The first-order chi connectivity index (χ1) is 10.3. The van der Waals surface area contributed by atoms with Crippen molar-refractivity contribution in [2.45, 2.75) is 44.9 Å². The Bertz CT molecular complexity index is 698. The second-order valence-electron chi connectivity index (χ2n) is 5.85. The van der Waals surface area contributed by atoms with Gasteiger partial charge >= 0.3 is 10.2 Å². The van der Waals surface area contributed by atoms with Gasteiger partial charge in [0.15, 0.2) is 0 Å². The number of methoxy groups -OCH3 is 1. The van der Waals surface area contributed by atoms with E-state index in [1.807, 2.05) is 0 Å². The minimum Gasteiger partial charge on any atom is -0.371 e. The van der Waals surface area contributed by atoms with Crippen LogP contribution in [0.15, 0.2) is 4.52 Å². The van der Waals surface area contributed by atoms with Crippen LogP contribution in [0.5, 0.6) is 0 Å². The summed E-state index contributed by atoms with van der Waals surface area (Å²) in [6.45, 7) is 3.65. The highest BCUT2D eigenvalue weighted by atomic mass is 32.2. The molecule has 9 nitrogen and oxygen atoms in total. The van der Waals surface area contributed by atoms with E-state index < -0.39 is 27.8 Å². The first kappa shape index (κ1) is 15.4. The van der Waals surface area contributed by atoms with Crippen molar-refractivity contribution in [1.29, 1.82) is 0 Å². The molecule has 3 heterocycles. The van der Waals surface area contributed by atoms with Gasteiger partial charge in [-0.25, -0.2) is 4.31 Å². The van der Waals surface area contributed by atoms with E-state index >= 15 is 0 Å². The number of fused-ring (bicyclic) bond motifs is 1. The summed E-state index contributed by atoms with van der Waals surface area (Å²) >= 11 is 0. The lowest BCUT2D eigenvalue weighted by molar-refractivity contribution is -0.128. The van der Waals surface area contributed by atoms with Gasteiger partial charge < -0.3 is 9.26 Å². The van der Waals surface area contributed by atoms with E-state index in [1.165, 1.54) is 11.4 Å². The molecule has 2 fully saturated rings. The first-order valence-corrected chi connectivity index (χ1v) is 8.38. The van der Waals surface area contributed by atoms with Crippen LogP contribution in [0.2, 0.25) is 0 Å². The zero-order valence-corrected chi connectivity index (χ0v) is 13.5. The van der Waals surface area contributed by atoms with Crippen molar-refractivity contribution in [3.63, 3.8) is 0 Å². The van der Waals surface area contributed by atoms with E-state index in [2.05, 4.69) is 10.1 Å². The van der Waals surface area contributed by atoms with Gasteiger partial charge in [-0.15, -0.1) is 0 Å². The van der Waals surface area contributed by atoms with Crippen molar-refractivity contribution in [2.75, 3.05) is 13.7 Å². The Labute approximate surface area is 128 Å². The van der Waals surface area contributed by atoms with Gasteiger partial charge in [0.2, 0.25) is 11.7 Å². The molecule has 0 aromatic carbocycles. The molecule has 0 bridgehead atoms. The molecule has 2 aliphatic heterocycles. The zero-order chi connectivity index (χ0) is 16.1. The summed E-state index contributed by atoms with van der Waals surface area (Å²) < 4.78 is 37.1. The standard InChI is InChI=1S/C12H18N4O5S/c1-12(2,20-3)11-13-9(21-14-11)7-16-10(17)8-5-4-6-15(8)22(16,18)19/h8H,4-7H2,1-3H3/t8-/m1/s1. The van der Waals surface area contributed by atoms with Crippen molar-refractivity contribution in [1.82, 2.24) is 18.8 Å². The summed E-state index contributed by atoms with van der Waals surface area (Å²) in [4.78, 5) is 16.4. The summed E-state index contributed by atoms with van der Waals surface area (Å²) in [5, 5.41) is 3.79. The van der Waals surface area contributed by atoms with Crippen molar-refractivity contribution in [3.8, 4) is 0 Å². The molecule has 1 atom stereocenters. The Morgan fingerprint density at radius 2 is 2.18 bits per heavy atom. The van der Waals surface area contributed by atoms with E-state index in [9.17, 15) is 13.2 Å². The normalized spacial score (nSPS) is 25.0. The second kappa shape index (κ2) is 5.00. The smallest absolute Gasteiger partial charge is 0.307 e. The van der Waals surface area contributed by atoms with E-state index in [0.29, 0.717) is 25.2 Å². The van der Waals surface area contributed by atoms with Gasteiger partial charge in [0.1, 0.15) is 18.2 Å². The molecule has 0 aliphatic carbocycles. The summed E-state index contributed by atoms with van der Waals surface area (Å²) in [7, 11) is -2.27. The molecule has 0 spiro atoms. The minimum atomic E-state index is -3.79. The molecule has 22 heavy (non-hydrogen) atoms. The lowest BCUT2D eigenvalue weighted by Crippen LogP contribution is -2.33. The van der Waals surface area contributed by atoms with Crippen molar-refractivity contribution >= 4 is 16.1 Å². The molecular weight excluding hydrogens is 312 g/mol. The molecule has 2 saturated heterocycles. The number of nitrogens with zero attached hydrogens (tertiary/aromatic N) is 4. The Balaban J connectivity index is 1.83. The maximum atomic E-state index is 12.4. The van der Waals surface area contributed by atoms with E-state index in [4.69, 9.17) is 9.26 Å². The fourth-order valence-corrected chi connectivity index (χ4v) is 4.36. The minimum absolute atomic E-state index is 0.0678. The Kier molecular flexibility index (Phi) is 3.49. The molecule has 122 valence electrons. The van der Waals surface area contributed by atoms with Gasteiger partial charge in [-0.2, -0.15) is 17.7 Å². The molecular formula is C12H18N4O5S. The van der Waals surface area contributed by atoms with E-state index in [1.54, 1.807) is 13.8 Å². The highest BCUT2D eigenvalue weighted by molar-refractivity contribution is 7.87. The van der Waals surface area contributed by atoms with E-state index in [-0.39, 0.29) is 12.4 Å². The van der Waals surface area contributed by atoms with Crippen molar-refractivity contribution in [3.05, 3.63) is 11.7 Å². The summed E-state index contributed by atoms with van der Waals surface area (Å²) in [5.41, 5.74) is -0.754. The number of aromatic nitrogens is 2. The van der Waals surface area contributed by atoms with Crippen LogP contribution in [0.25, 0.3) is 0 Å². The van der Waals surface area contributed by atoms with Crippen LogP contribution >= 0.6 is 0 Å². The third-order valence-electron chi connectivity index (χ3n) is 4.11. The SMILES string of the molecule is COC(C)(C)c1noc(CN2C(=O)[C@H]3CCCN3S2(=O)=O)n1. The summed E-state index contributed by atoms with van der Waals surface area (Å²) in [6, 6.07) is -0.581. The molecule has 1 aromatic heterocycles. The van der Waals surface area contributed by atoms with Gasteiger partial charge in [0.05, 0.1) is 0 Å². The number of rotatable bonds is 4. The van der Waals surface area contributed by atoms with Crippen LogP contribution in [-0.2, 0) is 31.9 Å². The quantitative estimate of drug-likeness (QED) is 0.765. The maximum absolute atomic E-state index is 12.4. The van der Waals surface area contributed by atoms with Crippen LogP contribution in [0.3, 0.4) is 0 Å². The lowest BCUT2D eigenvalue weighted by Gasteiger charge is -2.17. The van der Waals surface area contributed by atoms with Crippen LogP contribution in [-0.4, -0.2) is 52.8 Å². The topological polar surface area (TPSA) is 106 Å². The van der Waals surface area contributed by atoms with Gasteiger partial charge in [-0.3, -0.25) is 4.79 Å². The van der Waals surface area contributed by atoms with Crippen LogP contribution in [0.4, 0.5) is 0 Å². The van der Waals surface area contributed by atoms with Crippen LogP contribution in [0.1, 0.15) is 38.4 Å². The molecule has 0 saturated carbocycles. The molecule has 0 N–H and O–H groups in total. The molecule has 2 aliphatic rings. The molecule has 0 radical (unpaired) electrons. The number of carbonyl (C=O) groups is 1. The maximum Gasteiger partial charge on any atom is 0.307 e. The molecule has 10 heteroatoms. The molecule has 1 amide bonds. The zero-order valence-electron chi connectivity index (χ0n) is 12.6. The average Bonchev–Trinajstić information content (AvgIpc) is 3.15. The largest absolute Gasteiger partial charge is 0.371 e. The third-order valence-corrected chi connectivity index (χ3v) is 6.00. The fraction of sp³-hybridized carbons (Fsp3) is 0.750. The first-order valence-electron chi connectivity index (χ1n) is 6.99. The summed E-state index contributed by atoms with van der Waals surface area (Å²) in [6.07, 6.45) is 1.26. The predicted octanol–water partition coefficient (Wildman–Crippen LogP) is 0.00250. The Morgan fingerprint density at radius 3 is 2.82 bits per heavy atom. The summed E-state index contributed by atoms with van der Waals surface area (Å²) in [5.74, 6) is -0.0592. The number of carbonyl (C=O) groups excluding carboxylic acids is 1. The predicted molar refractivity (Wildman–Crippen MR) is 73.5 cm³/mol. The monoisotopic (exact) mass is 330 g/mol. The number of ether oxygens (including phenoxy) is 1. The number of hydrogen-bond donors (Lipinski definition) is 0. The van der Waals surface area contributed by atoms with Gasteiger partial charge in [-0.05, 0) is 26.7 Å². The van der Waals surface area contributed by atoms with Gasteiger partial charge in [0.25, 0.3) is 5.91 Å². The van der Waals surface area contributed by atoms with Gasteiger partial charge in [-0.1, -0.05) is 5.16 Å². The number of amides is 1. The van der Waals surface area contributed by atoms with Gasteiger partial charge in [0, 0.05) is 13.7 Å². The average molecular weight is 330 g/mol. The highest BCUT2D eigenvalue weighted by Gasteiger charge is 2.52. The number of hydrogen-bond acceptors (Lipinski definition) is 7. The van der Waals surface area contributed by atoms with Crippen LogP contribution in [0, 0.1) is 0 Å². The Morgan fingerprint density at radius 1 is 1.45 bits per heavy atom. The lowest BCUT2D eigenvalue weighted by atomic mass is 10.1. The van der Waals surface area contributed by atoms with Crippen molar-refractivity contribution in [2.24, 2.45) is 0 Å². The second-order valence-corrected chi connectivity index (χ2v) is 7.65. The van der Waals surface area contributed by atoms with E-state index in [0.717, 1.165) is 4.31 Å². The molecule has 3 rings (SSSR count). The third kappa shape index (κ3) is 2.22. The molecule has 0 unspecified atom stereocenters. The van der Waals surface area contributed by atoms with Crippen LogP contribution < -0.4 is 0 Å². The van der Waals surface area contributed by atoms with Crippen molar-refractivity contribution < 1.29 is 22.5 Å². The fourth-order valence-electron chi connectivity index (χ4n) is 2.61. The molecule has 1 aromatic rings. The Hall–Kier alpha value is -1.52.